The summed E-state index contributed by atoms with van der Waals surface area (Å²) in [6, 6.07) is 7.35. The van der Waals surface area contributed by atoms with E-state index in [4.69, 9.17) is 9.53 Å². The fourth-order valence-corrected chi connectivity index (χ4v) is 8.66. The van der Waals surface area contributed by atoms with Gasteiger partial charge >= 0.3 is 6.09 Å². The maximum Gasteiger partial charge on any atom is 0.411 e. The van der Waals surface area contributed by atoms with Crippen LogP contribution in [-0.4, -0.2) is 26.6 Å². The van der Waals surface area contributed by atoms with Crippen molar-refractivity contribution < 1.29 is 14.3 Å². The summed E-state index contributed by atoms with van der Waals surface area (Å²) < 4.78 is 6.55. The lowest BCUT2D eigenvalue weighted by Gasteiger charge is -2.42. The predicted molar refractivity (Wildman–Crippen MR) is 94.5 cm³/mol. The number of hydrogen-bond acceptors (Lipinski definition) is 2. The number of anilines is 1. The van der Waals surface area contributed by atoms with E-state index in [2.05, 4.69) is 41.5 Å². The summed E-state index contributed by atoms with van der Waals surface area (Å²) in [5.41, 5.74) is 2.17. The zero-order valence-electron chi connectivity index (χ0n) is 14.8. The Morgan fingerprint density at radius 3 is 1.73 bits per heavy atom. The number of carboxylic acid groups (broad SMARTS) is 1. The molecule has 5 heteroatoms. The van der Waals surface area contributed by atoms with Gasteiger partial charge in [0.2, 0.25) is 0 Å². The van der Waals surface area contributed by atoms with E-state index >= 15 is 0 Å². The van der Waals surface area contributed by atoms with Crippen molar-refractivity contribution in [1.29, 1.82) is 0 Å². The Bertz CT molecular complexity index is 475. The van der Waals surface area contributed by atoms with E-state index in [0.717, 1.165) is 5.75 Å². The van der Waals surface area contributed by atoms with Crippen LogP contribution in [0.1, 0.15) is 41.5 Å². The summed E-state index contributed by atoms with van der Waals surface area (Å²) >= 11 is 0. The molecule has 1 aromatic rings. The minimum atomic E-state index is -1.96. The third-order valence-electron chi connectivity index (χ3n) is 4.51. The Morgan fingerprint density at radius 1 is 1.00 bits per heavy atom. The summed E-state index contributed by atoms with van der Waals surface area (Å²) in [6.07, 6.45) is -0.969. The van der Waals surface area contributed by atoms with Crippen LogP contribution in [0.25, 0.3) is 0 Å². The van der Waals surface area contributed by atoms with Gasteiger partial charge in [-0.1, -0.05) is 41.5 Å². The van der Waals surface area contributed by atoms with Crippen LogP contribution in [0.15, 0.2) is 24.3 Å². The van der Waals surface area contributed by atoms with E-state index in [1.807, 2.05) is 12.1 Å². The van der Waals surface area contributed by atoms with Crippen molar-refractivity contribution >= 4 is 20.1 Å². The average Bonchev–Trinajstić information content (AvgIpc) is 2.43. The minimum absolute atomic E-state index is 0.508. The molecule has 1 aromatic carbocycles. The molecule has 0 aliphatic carbocycles. The van der Waals surface area contributed by atoms with Crippen LogP contribution in [0.5, 0.6) is 5.75 Å². The summed E-state index contributed by atoms with van der Waals surface area (Å²) in [5, 5.41) is 9.01. The van der Waals surface area contributed by atoms with Gasteiger partial charge in [-0.05, 0) is 40.9 Å². The normalized spacial score (nSPS) is 12.1. The molecular weight excluding hydrogens is 294 g/mol. The zero-order valence-corrected chi connectivity index (χ0v) is 15.8. The van der Waals surface area contributed by atoms with Gasteiger partial charge in [-0.15, -0.1) is 0 Å². The molecule has 1 rings (SSSR count). The summed E-state index contributed by atoms with van der Waals surface area (Å²) in [4.78, 5) is 12.2. The van der Waals surface area contributed by atoms with Gasteiger partial charge in [0.15, 0.2) is 0 Å². The highest BCUT2D eigenvalue weighted by atomic mass is 28.4. The van der Waals surface area contributed by atoms with Gasteiger partial charge in [0.1, 0.15) is 5.75 Å². The highest BCUT2D eigenvalue weighted by Gasteiger charge is 2.46. The van der Waals surface area contributed by atoms with E-state index in [1.54, 1.807) is 12.1 Å². The first-order valence-electron chi connectivity index (χ1n) is 7.88. The molecule has 1 amide bonds. The van der Waals surface area contributed by atoms with E-state index in [9.17, 15) is 4.79 Å². The van der Waals surface area contributed by atoms with Crippen molar-refractivity contribution in [3.05, 3.63) is 24.3 Å². The molecule has 0 unspecified atom stereocenters. The maximum absolute atomic E-state index is 11.0. The fourth-order valence-electron chi connectivity index (χ4n) is 3.41. The monoisotopic (exact) mass is 323 g/mol. The Morgan fingerprint density at radius 2 is 1.41 bits per heavy atom. The molecule has 0 fully saturated rings. The molecular formula is C17H29NO3Si. The first kappa shape index (κ1) is 18.6. The van der Waals surface area contributed by atoms with Crippen LogP contribution in [0.2, 0.25) is 16.6 Å². The second kappa shape index (κ2) is 7.18. The predicted octanol–water partition coefficient (Wildman–Crippen LogP) is 5.36. The van der Waals surface area contributed by atoms with Crippen LogP contribution in [0.4, 0.5) is 10.5 Å². The second-order valence-electron chi connectivity index (χ2n) is 6.76. The van der Waals surface area contributed by atoms with Gasteiger partial charge in [-0.25, -0.2) is 4.79 Å². The number of hydrogen-bond donors (Lipinski definition) is 1. The van der Waals surface area contributed by atoms with Gasteiger partial charge in [-0.3, -0.25) is 4.90 Å². The average molecular weight is 324 g/mol. The zero-order chi connectivity index (χ0) is 17.1. The summed E-state index contributed by atoms with van der Waals surface area (Å²) in [5.74, 6) is 0.838. The first-order valence-corrected chi connectivity index (χ1v) is 10.0. The van der Waals surface area contributed by atoms with Gasteiger partial charge in [0, 0.05) is 12.7 Å². The SMILES string of the molecule is CC(C)[Si](Oc1ccc(N(C)C(=O)O)cc1)(C(C)C)C(C)C. The largest absolute Gasteiger partial charge is 0.543 e. The van der Waals surface area contributed by atoms with E-state index in [-0.39, 0.29) is 0 Å². The van der Waals surface area contributed by atoms with Crippen LogP contribution < -0.4 is 9.33 Å². The molecule has 1 N–H and O–H groups in total. The van der Waals surface area contributed by atoms with Crippen molar-refractivity contribution in [2.75, 3.05) is 11.9 Å². The first-order chi connectivity index (χ1) is 10.1. The summed E-state index contributed by atoms with van der Waals surface area (Å²) in [6.45, 7) is 13.5. The molecule has 0 saturated heterocycles. The molecule has 4 nitrogen and oxygen atoms in total. The Hall–Kier alpha value is -1.49. The van der Waals surface area contributed by atoms with Gasteiger partial charge in [0.25, 0.3) is 8.32 Å². The van der Waals surface area contributed by atoms with Crippen molar-refractivity contribution in [3.8, 4) is 5.75 Å². The molecule has 0 heterocycles. The fraction of sp³-hybridized carbons (Fsp3) is 0.588. The Balaban J connectivity index is 3.08. The van der Waals surface area contributed by atoms with Crippen molar-refractivity contribution in [1.82, 2.24) is 0 Å². The lowest BCUT2D eigenvalue weighted by molar-refractivity contribution is 0.203. The van der Waals surface area contributed by atoms with Crippen molar-refractivity contribution in [2.24, 2.45) is 0 Å². The van der Waals surface area contributed by atoms with Crippen LogP contribution >= 0.6 is 0 Å². The smallest absolute Gasteiger partial charge is 0.411 e. The molecule has 0 aromatic heterocycles. The molecule has 0 bridgehead atoms. The molecule has 0 spiro atoms. The van der Waals surface area contributed by atoms with Crippen LogP contribution in [0, 0.1) is 0 Å². The molecule has 0 aliphatic rings. The molecule has 0 radical (unpaired) electrons. The van der Waals surface area contributed by atoms with Gasteiger partial charge in [-0.2, -0.15) is 0 Å². The summed E-state index contributed by atoms with van der Waals surface area (Å²) in [7, 11) is -0.429. The van der Waals surface area contributed by atoms with Crippen molar-refractivity contribution in [3.63, 3.8) is 0 Å². The molecule has 22 heavy (non-hydrogen) atoms. The number of amides is 1. The molecule has 0 aliphatic heterocycles. The number of benzene rings is 1. The van der Waals surface area contributed by atoms with E-state index < -0.39 is 14.4 Å². The minimum Gasteiger partial charge on any atom is -0.543 e. The molecule has 0 atom stereocenters. The standard InChI is InChI=1S/C17H29NO3Si/c1-12(2)22(13(3)4,14(5)6)21-16-10-8-15(9-11-16)18(7)17(19)20/h8-14H,1-7H3,(H,19,20). The lowest BCUT2D eigenvalue weighted by atomic mass is 10.3. The van der Waals surface area contributed by atoms with Crippen LogP contribution in [-0.2, 0) is 0 Å². The van der Waals surface area contributed by atoms with E-state index in [1.165, 1.54) is 11.9 Å². The van der Waals surface area contributed by atoms with E-state index in [0.29, 0.717) is 22.3 Å². The highest BCUT2D eigenvalue weighted by molar-refractivity contribution is 6.78. The van der Waals surface area contributed by atoms with Crippen LogP contribution in [0.3, 0.4) is 0 Å². The van der Waals surface area contributed by atoms with Crippen molar-refractivity contribution in [2.45, 2.75) is 58.2 Å². The highest BCUT2D eigenvalue weighted by Crippen LogP contribution is 2.42. The maximum atomic E-state index is 11.0. The quantitative estimate of drug-likeness (QED) is 0.717. The topological polar surface area (TPSA) is 49.8 Å². The third-order valence-corrected chi connectivity index (χ3v) is 10.5. The third kappa shape index (κ3) is 3.63. The number of carbonyl (C=O) groups is 1. The number of nitrogens with zero attached hydrogens (tertiary/aromatic N) is 1. The van der Waals surface area contributed by atoms with Gasteiger partial charge < -0.3 is 9.53 Å². The second-order valence-corrected chi connectivity index (χ2v) is 12.1. The lowest BCUT2D eigenvalue weighted by Crippen LogP contribution is -2.50. The molecule has 124 valence electrons. The molecule has 0 saturated carbocycles. The number of rotatable bonds is 6. The van der Waals surface area contributed by atoms with Gasteiger partial charge in [0.05, 0.1) is 0 Å². The Kier molecular flexibility index (Phi) is 6.05. The Labute approximate surface area is 135 Å².